The van der Waals surface area contributed by atoms with Crippen LogP contribution in [0.15, 0.2) is 55.0 Å². The third-order valence-electron chi connectivity index (χ3n) is 5.79. The molecule has 0 spiro atoms. The van der Waals surface area contributed by atoms with Crippen LogP contribution in [0.5, 0.6) is 0 Å². The van der Waals surface area contributed by atoms with Crippen molar-refractivity contribution in [3.63, 3.8) is 0 Å². The second kappa shape index (κ2) is 18.9. The summed E-state index contributed by atoms with van der Waals surface area (Å²) in [6, 6.07) is 5.14. The van der Waals surface area contributed by atoms with Crippen LogP contribution in [0, 0.1) is 6.92 Å². The number of allylic oxidation sites excluding steroid dienone is 3. The Bertz CT molecular complexity index is 849. The van der Waals surface area contributed by atoms with Gasteiger partial charge in [0.2, 0.25) is 0 Å². The fourth-order valence-electron chi connectivity index (χ4n) is 4.07. The number of ether oxygens (including phenoxy) is 1. The predicted molar refractivity (Wildman–Crippen MR) is 164 cm³/mol. The maximum atomic E-state index is 5.34. The molecule has 1 N–H and O–H groups in total. The van der Waals surface area contributed by atoms with Crippen LogP contribution in [0.4, 0.5) is 5.69 Å². The molecule has 0 radical (unpaired) electrons. The number of rotatable bonds is 9. The first-order valence-corrected chi connectivity index (χ1v) is 14.2. The second-order valence-electron chi connectivity index (χ2n) is 9.51. The van der Waals surface area contributed by atoms with Crippen LogP contribution in [0.3, 0.4) is 0 Å². The van der Waals surface area contributed by atoms with Gasteiger partial charge in [-0.25, -0.2) is 0 Å². The maximum Gasteiger partial charge on any atom is 0.0900 e. The topological polar surface area (TPSA) is 24.5 Å². The highest BCUT2D eigenvalue weighted by Gasteiger charge is 2.30. The van der Waals surface area contributed by atoms with E-state index < -0.39 is 0 Å². The molecule has 0 amide bonds. The summed E-state index contributed by atoms with van der Waals surface area (Å²) in [7, 11) is 0. The fourth-order valence-corrected chi connectivity index (χ4v) is 4.07. The summed E-state index contributed by atoms with van der Waals surface area (Å²) in [5.41, 5.74) is 8.87. The van der Waals surface area contributed by atoms with Gasteiger partial charge in [-0.3, -0.25) is 0 Å². The van der Waals surface area contributed by atoms with Crippen molar-refractivity contribution < 1.29 is 4.74 Å². The van der Waals surface area contributed by atoms with Crippen molar-refractivity contribution in [1.82, 2.24) is 5.32 Å². The van der Waals surface area contributed by atoms with Crippen molar-refractivity contribution in [3.8, 4) is 0 Å². The zero-order valence-corrected chi connectivity index (χ0v) is 25.2. The van der Waals surface area contributed by atoms with Gasteiger partial charge < -0.3 is 15.0 Å². The van der Waals surface area contributed by atoms with Crippen molar-refractivity contribution >= 4 is 11.3 Å². The zero-order chi connectivity index (χ0) is 27.7. The van der Waals surface area contributed by atoms with Crippen molar-refractivity contribution in [1.29, 1.82) is 0 Å². The van der Waals surface area contributed by atoms with Crippen molar-refractivity contribution in [2.24, 2.45) is 0 Å². The van der Waals surface area contributed by atoms with Crippen LogP contribution in [0.25, 0.3) is 5.57 Å². The lowest BCUT2D eigenvalue weighted by atomic mass is 9.84. The van der Waals surface area contributed by atoms with Gasteiger partial charge in [-0.15, -0.1) is 0 Å². The third-order valence-corrected chi connectivity index (χ3v) is 5.79. The number of nitrogens with zero attached hydrogens (tertiary/aromatic N) is 1. The number of anilines is 1. The summed E-state index contributed by atoms with van der Waals surface area (Å²) in [5.74, 6) is 0.903. The first-order valence-electron chi connectivity index (χ1n) is 14.2. The average Bonchev–Trinajstić information content (AvgIpc) is 2.86. The molecule has 3 heteroatoms. The van der Waals surface area contributed by atoms with E-state index in [4.69, 9.17) is 4.74 Å². The molecule has 1 atom stereocenters. The van der Waals surface area contributed by atoms with E-state index in [1.165, 1.54) is 53.6 Å². The molecule has 36 heavy (non-hydrogen) atoms. The van der Waals surface area contributed by atoms with Crippen molar-refractivity contribution in [2.75, 3.05) is 24.6 Å². The molecular weight excluding hydrogens is 440 g/mol. The van der Waals surface area contributed by atoms with Crippen LogP contribution in [-0.2, 0) is 11.2 Å². The average molecular weight is 497 g/mol. The Balaban J connectivity index is 0.000000624. The van der Waals surface area contributed by atoms with E-state index >= 15 is 0 Å². The van der Waals surface area contributed by atoms with E-state index in [1.807, 2.05) is 13.8 Å². The lowest BCUT2D eigenvalue weighted by molar-refractivity contribution is 0.204. The van der Waals surface area contributed by atoms with Gasteiger partial charge in [-0.2, -0.15) is 0 Å². The molecule has 2 aliphatic heterocycles. The van der Waals surface area contributed by atoms with Gasteiger partial charge in [0, 0.05) is 36.3 Å². The van der Waals surface area contributed by atoms with Gasteiger partial charge in [-0.05, 0) is 75.8 Å². The van der Waals surface area contributed by atoms with Crippen LogP contribution in [-0.4, -0.2) is 25.7 Å². The SMILES string of the molecule is C=C(C)C1=CN2c3c(cc(C)cc3C1=C)CCC2C.C=C(CCNCCC)OCCC.CC.CCC. The van der Waals surface area contributed by atoms with Gasteiger partial charge >= 0.3 is 0 Å². The largest absolute Gasteiger partial charge is 0.499 e. The van der Waals surface area contributed by atoms with Gasteiger partial charge in [0.15, 0.2) is 0 Å². The summed E-state index contributed by atoms with van der Waals surface area (Å²) < 4.78 is 5.34. The van der Waals surface area contributed by atoms with E-state index in [0.29, 0.717) is 6.04 Å². The molecular formula is C33H56N2O. The summed E-state index contributed by atoms with van der Waals surface area (Å²) >= 11 is 0. The molecule has 0 saturated carbocycles. The van der Waals surface area contributed by atoms with Crippen LogP contribution < -0.4 is 10.2 Å². The maximum absolute atomic E-state index is 5.34. The van der Waals surface area contributed by atoms with Gasteiger partial charge in [0.05, 0.1) is 18.1 Å². The molecule has 204 valence electrons. The number of benzene rings is 1. The van der Waals surface area contributed by atoms with Crippen molar-refractivity contribution in [2.45, 2.75) is 107 Å². The third kappa shape index (κ3) is 10.8. The highest BCUT2D eigenvalue weighted by atomic mass is 16.5. The van der Waals surface area contributed by atoms with E-state index in [1.54, 1.807) is 0 Å². The molecule has 3 nitrogen and oxygen atoms in total. The Morgan fingerprint density at radius 1 is 1.08 bits per heavy atom. The smallest absolute Gasteiger partial charge is 0.0900 e. The number of aryl methyl sites for hydroxylation is 2. The Morgan fingerprint density at radius 2 is 1.72 bits per heavy atom. The molecule has 0 aliphatic carbocycles. The number of hydrogen-bond acceptors (Lipinski definition) is 3. The fraction of sp³-hybridized carbons (Fsp3) is 0.576. The summed E-state index contributed by atoms with van der Waals surface area (Å²) in [4.78, 5) is 2.42. The molecule has 0 saturated heterocycles. The quantitative estimate of drug-likeness (QED) is 0.272. The number of nitrogens with one attached hydrogen (secondary N) is 1. The molecule has 2 aliphatic rings. The number of hydrogen-bond donors (Lipinski definition) is 1. The minimum atomic E-state index is 0.552. The van der Waals surface area contributed by atoms with Crippen molar-refractivity contribution in [3.05, 3.63) is 71.7 Å². The van der Waals surface area contributed by atoms with Gasteiger partial charge in [0.25, 0.3) is 0 Å². The standard InChI is InChI=1S/C18H21N.C10H21NO.C3H8.C2H6/c1-11(2)17-10-19-13(4)6-7-15-8-12(3)9-16(14(17)5)18(15)19;1-4-7-11-8-6-10(3)12-9-5-2;1-3-2;1-2/h8-10,13H,1,5-7H2,2-4H3;11H,3-9H2,1-2H3;3H2,1-2H3;1-2H3. The molecule has 2 heterocycles. The van der Waals surface area contributed by atoms with E-state index in [9.17, 15) is 0 Å². The summed E-state index contributed by atoms with van der Waals surface area (Å²) in [5, 5.41) is 3.30. The van der Waals surface area contributed by atoms with Gasteiger partial charge in [-0.1, -0.05) is 79.3 Å². The minimum Gasteiger partial charge on any atom is -0.499 e. The molecule has 0 aromatic heterocycles. The van der Waals surface area contributed by atoms with Gasteiger partial charge in [0.1, 0.15) is 0 Å². The molecule has 1 aromatic carbocycles. The monoisotopic (exact) mass is 496 g/mol. The van der Waals surface area contributed by atoms with Crippen LogP contribution in [0.2, 0.25) is 0 Å². The first-order chi connectivity index (χ1) is 17.2. The van der Waals surface area contributed by atoms with E-state index in [2.05, 4.69) is 96.8 Å². The molecule has 0 fully saturated rings. The Kier molecular flexibility index (Phi) is 17.7. The lowest BCUT2D eigenvalue weighted by Crippen LogP contribution is -2.35. The molecule has 1 aromatic rings. The Hall–Kier alpha value is -2.26. The molecule has 1 unspecified atom stereocenters. The van der Waals surface area contributed by atoms with Crippen LogP contribution >= 0.6 is 0 Å². The highest BCUT2D eigenvalue weighted by molar-refractivity contribution is 5.93. The summed E-state index contributed by atoms with van der Waals surface area (Å²) in [6.07, 6.45) is 9.05. The first kappa shape index (κ1) is 33.7. The molecule has 0 bridgehead atoms. The second-order valence-corrected chi connectivity index (χ2v) is 9.51. The minimum absolute atomic E-state index is 0.552. The summed E-state index contributed by atoms with van der Waals surface area (Å²) in [6.45, 7) is 34.1. The predicted octanol–water partition coefficient (Wildman–Crippen LogP) is 9.38. The molecule has 3 rings (SSSR count). The Labute approximate surface area is 224 Å². The normalized spacial score (nSPS) is 15.0. The lowest BCUT2D eigenvalue weighted by Gasteiger charge is -2.40. The van der Waals surface area contributed by atoms with E-state index in [-0.39, 0.29) is 0 Å². The van der Waals surface area contributed by atoms with Crippen LogP contribution in [0.1, 0.15) is 104 Å². The van der Waals surface area contributed by atoms with E-state index in [0.717, 1.165) is 49.4 Å². The zero-order valence-electron chi connectivity index (χ0n) is 25.2. The highest BCUT2D eigenvalue weighted by Crippen LogP contribution is 2.44. The Morgan fingerprint density at radius 3 is 2.28 bits per heavy atom.